The highest BCUT2D eigenvalue weighted by atomic mass is 32.2. The summed E-state index contributed by atoms with van der Waals surface area (Å²) in [5, 5.41) is 0. The number of carbonyl (C=O) groups is 2. The van der Waals surface area contributed by atoms with Gasteiger partial charge in [-0.05, 0) is 62.4 Å². The molecule has 3 N–H and O–H groups in total. The number of carbonyl (C=O) groups excluding carboxylic acids is 2. The van der Waals surface area contributed by atoms with Crippen LogP contribution in [-0.2, 0) is 19.6 Å². The van der Waals surface area contributed by atoms with Crippen LogP contribution in [-0.4, -0.2) is 57.3 Å². The predicted molar refractivity (Wildman–Crippen MR) is 106 cm³/mol. The first-order valence-electron chi connectivity index (χ1n) is 9.42. The smallest absolute Gasteiger partial charge is 0.293 e. The third kappa shape index (κ3) is 4.53. The number of nitrogens with one attached hydrogen (secondary N) is 3. The molecule has 1 aromatic carbocycles. The summed E-state index contributed by atoms with van der Waals surface area (Å²) in [7, 11) is -3.60. The van der Waals surface area contributed by atoms with Crippen LogP contribution in [0.1, 0.15) is 34.7 Å². The molecule has 2 rings (SSSR count). The molecule has 0 unspecified atom stereocenters. The van der Waals surface area contributed by atoms with Crippen molar-refractivity contribution in [2.45, 2.75) is 46.4 Å². The minimum atomic E-state index is -3.60. The van der Waals surface area contributed by atoms with Crippen LogP contribution in [0.25, 0.3) is 0 Å². The molecule has 1 saturated heterocycles. The van der Waals surface area contributed by atoms with Crippen LogP contribution in [0.15, 0.2) is 4.90 Å². The molecule has 0 radical (unpaired) electrons. The summed E-state index contributed by atoms with van der Waals surface area (Å²) in [5.41, 5.74) is 9.38. The van der Waals surface area contributed by atoms with Crippen molar-refractivity contribution in [1.82, 2.24) is 15.2 Å². The number of hydrogen-bond donors (Lipinski definition) is 3. The Hall–Kier alpha value is -1.97. The highest BCUT2D eigenvalue weighted by Crippen LogP contribution is 2.31. The number of amides is 2. The quantitative estimate of drug-likeness (QED) is 0.570. The van der Waals surface area contributed by atoms with Crippen LogP contribution in [0.5, 0.6) is 0 Å². The van der Waals surface area contributed by atoms with Crippen molar-refractivity contribution in [2.24, 2.45) is 0 Å². The molecule has 156 valence electrons. The largest absolute Gasteiger partial charge is 0.325 e. The zero-order valence-electron chi connectivity index (χ0n) is 17.5. The van der Waals surface area contributed by atoms with Gasteiger partial charge in [0.05, 0.1) is 31.1 Å². The molecule has 2 amide bonds. The summed E-state index contributed by atoms with van der Waals surface area (Å²) in [6.45, 7) is 13.0. The molecule has 0 aliphatic carbocycles. The number of benzene rings is 1. The Kier molecular flexibility index (Phi) is 6.84. The molecule has 1 heterocycles. The second kappa shape index (κ2) is 8.59. The lowest BCUT2D eigenvalue weighted by Gasteiger charge is -2.32. The van der Waals surface area contributed by atoms with Crippen molar-refractivity contribution in [2.75, 3.05) is 32.7 Å². The van der Waals surface area contributed by atoms with E-state index in [2.05, 4.69) is 10.9 Å². The van der Waals surface area contributed by atoms with Crippen molar-refractivity contribution >= 4 is 21.8 Å². The Morgan fingerprint density at radius 1 is 0.893 bits per heavy atom. The van der Waals surface area contributed by atoms with Gasteiger partial charge in [0.15, 0.2) is 6.54 Å². The van der Waals surface area contributed by atoms with Gasteiger partial charge in [-0.2, -0.15) is 4.31 Å². The zero-order chi connectivity index (χ0) is 21.2. The van der Waals surface area contributed by atoms with Crippen molar-refractivity contribution in [3.05, 3.63) is 27.8 Å². The average molecular weight is 412 g/mol. The van der Waals surface area contributed by atoms with E-state index in [1.165, 1.54) is 11.2 Å². The lowest BCUT2D eigenvalue weighted by atomic mass is 9.95. The van der Waals surface area contributed by atoms with E-state index >= 15 is 0 Å². The third-order valence-corrected chi connectivity index (χ3v) is 7.92. The second-order valence-corrected chi connectivity index (χ2v) is 9.39. The first-order valence-corrected chi connectivity index (χ1v) is 10.9. The van der Waals surface area contributed by atoms with Crippen LogP contribution in [0, 0.1) is 34.6 Å². The van der Waals surface area contributed by atoms with Gasteiger partial charge in [0.1, 0.15) is 0 Å². The van der Waals surface area contributed by atoms with Crippen LogP contribution in [0.2, 0.25) is 0 Å². The maximum atomic E-state index is 13.3. The number of sulfonamides is 1. The summed E-state index contributed by atoms with van der Waals surface area (Å²) in [6.07, 6.45) is 0. The molecule has 9 heteroatoms. The molecule has 0 atom stereocenters. The minimum absolute atomic E-state index is 0.189. The highest BCUT2D eigenvalue weighted by Gasteiger charge is 2.34. The van der Waals surface area contributed by atoms with Crippen molar-refractivity contribution in [3.63, 3.8) is 0 Å². The number of quaternary nitrogens is 1. The molecule has 1 aromatic rings. The maximum Gasteiger partial charge on any atom is 0.293 e. The van der Waals surface area contributed by atoms with Gasteiger partial charge in [0.2, 0.25) is 15.9 Å². The van der Waals surface area contributed by atoms with E-state index in [4.69, 9.17) is 0 Å². The Balaban J connectivity index is 2.12. The monoisotopic (exact) mass is 411 g/mol. The fourth-order valence-electron chi connectivity index (χ4n) is 3.63. The summed E-state index contributed by atoms with van der Waals surface area (Å²) < 4.78 is 28.2. The number of hydrogen-bond acceptors (Lipinski definition) is 4. The molecule has 28 heavy (non-hydrogen) atoms. The third-order valence-electron chi connectivity index (χ3n) is 5.75. The topological polar surface area (TPSA) is 100 Å². The van der Waals surface area contributed by atoms with Gasteiger partial charge in [-0.15, -0.1) is 0 Å². The standard InChI is InChI=1S/C19H30N4O4S/c1-12-13(2)15(4)19(16(5)14(12)3)28(26,27)23-9-7-22(8-10-23)11-18(25)21-20-17(6)24/h7-11H2,1-6H3,(H,20,24)(H,21,25)/p+1. The average Bonchev–Trinajstić information content (AvgIpc) is 2.63. The lowest BCUT2D eigenvalue weighted by molar-refractivity contribution is -0.895. The van der Waals surface area contributed by atoms with Gasteiger partial charge >= 0.3 is 0 Å². The molecule has 0 bridgehead atoms. The first-order chi connectivity index (χ1) is 13.0. The summed E-state index contributed by atoms with van der Waals surface area (Å²) in [5.74, 6) is -0.633. The molecule has 1 fully saturated rings. The van der Waals surface area contributed by atoms with E-state index in [0.29, 0.717) is 31.1 Å². The van der Waals surface area contributed by atoms with Gasteiger partial charge in [0, 0.05) is 6.92 Å². The number of hydrazine groups is 1. The summed E-state index contributed by atoms with van der Waals surface area (Å²) in [4.78, 5) is 24.1. The first kappa shape index (κ1) is 22.3. The number of rotatable bonds is 4. The van der Waals surface area contributed by atoms with Gasteiger partial charge in [0.25, 0.3) is 5.91 Å². The predicted octanol–water partition coefficient (Wildman–Crippen LogP) is -0.715. The van der Waals surface area contributed by atoms with Gasteiger partial charge in [-0.1, -0.05) is 0 Å². The minimum Gasteiger partial charge on any atom is -0.325 e. The Morgan fingerprint density at radius 2 is 1.36 bits per heavy atom. The van der Waals surface area contributed by atoms with Crippen LogP contribution >= 0.6 is 0 Å². The van der Waals surface area contributed by atoms with Crippen molar-refractivity contribution < 1.29 is 22.9 Å². The van der Waals surface area contributed by atoms with Crippen LogP contribution in [0.3, 0.4) is 0 Å². The molecular weight excluding hydrogens is 380 g/mol. The van der Waals surface area contributed by atoms with Gasteiger partial charge in [-0.25, -0.2) is 8.42 Å². The molecule has 1 aliphatic rings. The van der Waals surface area contributed by atoms with Crippen molar-refractivity contribution in [3.8, 4) is 0 Å². The molecule has 0 aromatic heterocycles. The molecule has 0 saturated carbocycles. The lowest BCUT2D eigenvalue weighted by Crippen LogP contribution is -3.16. The SMILES string of the molecule is CC(=O)NNC(=O)C[NH+]1CCN(S(=O)(=O)c2c(C)c(C)c(C)c(C)c2C)CC1. The Labute approximate surface area is 167 Å². The Bertz CT molecular complexity index is 859. The second-order valence-electron chi connectivity index (χ2n) is 7.51. The molecular formula is C19H31N4O4S+. The fraction of sp³-hybridized carbons (Fsp3) is 0.579. The van der Waals surface area contributed by atoms with Gasteiger partial charge < -0.3 is 4.90 Å². The Morgan fingerprint density at radius 3 is 1.82 bits per heavy atom. The fourth-order valence-corrected chi connectivity index (χ4v) is 5.63. The molecule has 8 nitrogen and oxygen atoms in total. The zero-order valence-corrected chi connectivity index (χ0v) is 18.3. The van der Waals surface area contributed by atoms with E-state index in [1.807, 2.05) is 34.6 Å². The van der Waals surface area contributed by atoms with E-state index in [1.54, 1.807) is 0 Å². The van der Waals surface area contributed by atoms with E-state index in [0.717, 1.165) is 32.7 Å². The van der Waals surface area contributed by atoms with Crippen LogP contribution in [0.4, 0.5) is 0 Å². The number of piperazine rings is 1. The van der Waals surface area contributed by atoms with E-state index < -0.39 is 10.0 Å². The molecule has 0 spiro atoms. The summed E-state index contributed by atoms with van der Waals surface area (Å²) in [6, 6.07) is 0. The van der Waals surface area contributed by atoms with E-state index in [-0.39, 0.29) is 18.4 Å². The van der Waals surface area contributed by atoms with E-state index in [9.17, 15) is 18.0 Å². The highest BCUT2D eigenvalue weighted by molar-refractivity contribution is 7.89. The van der Waals surface area contributed by atoms with Crippen LogP contribution < -0.4 is 15.8 Å². The summed E-state index contributed by atoms with van der Waals surface area (Å²) >= 11 is 0. The molecule has 1 aliphatic heterocycles. The van der Waals surface area contributed by atoms with Crippen molar-refractivity contribution in [1.29, 1.82) is 0 Å². The van der Waals surface area contributed by atoms with Gasteiger partial charge in [-0.3, -0.25) is 20.4 Å². The number of nitrogens with zero attached hydrogens (tertiary/aromatic N) is 1. The normalized spacial score (nSPS) is 16.1. The maximum absolute atomic E-state index is 13.3.